The Morgan fingerprint density at radius 2 is 2.14 bits per heavy atom. The molecule has 0 spiro atoms. The van der Waals surface area contributed by atoms with Gasteiger partial charge in [0.15, 0.2) is 0 Å². The molecule has 0 aliphatic carbocycles. The predicted octanol–water partition coefficient (Wildman–Crippen LogP) is 2.18. The maximum absolute atomic E-state index is 5.96. The number of hydrogen-bond acceptors (Lipinski definition) is 6. The summed E-state index contributed by atoms with van der Waals surface area (Å²) in [7, 11) is 0. The van der Waals surface area contributed by atoms with Gasteiger partial charge in [0.25, 0.3) is 5.95 Å². The molecule has 8 heteroatoms. The van der Waals surface area contributed by atoms with E-state index in [1.807, 2.05) is 6.92 Å². The summed E-state index contributed by atoms with van der Waals surface area (Å²) >= 11 is 5.96. The number of nitrogens with zero attached hydrogens (tertiary/aromatic N) is 5. The van der Waals surface area contributed by atoms with Gasteiger partial charge in [-0.25, -0.2) is 4.68 Å². The summed E-state index contributed by atoms with van der Waals surface area (Å²) in [6.45, 7) is 7.42. The second-order valence-corrected chi connectivity index (χ2v) is 5.17. The van der Waals surface area contributed by atoms with Crippen LogP contribution in [0.5, 0.6) is 0 Å². The van der Waals surface area contributed by atoms with Crippen molar-refractivity contribution in [2.45, 2.75) is 26.8 Å². The molecule has 0 saturated carbocycles. The van der Waals surface area contributed by atoms with Crippen molar-refractivity contribution in [1.82, 2.24) is 24.7 Å². The van der Waals surface area contributed by atoms with E-state index >= 15 is 0 Å². The van der Waals surface area contributed by atoms with E-state index in [-0.39, 0.29) is 11.3 Å². The fourth-order valence-corrected chi connectivity index (χ4v) is 1.86. The Labute approximate surface area is 128 Å². The lowest BCUT2D eigenvalue weighted by atomic mass is 10.1. The van der Waals surface area contributed by atoms with E-state index in [1.165, 1.54) is 4.68 Å². The first kappa shape index (κ1) is 15.7. The molecule has 0 bridgehead atoms. The Balaban J connectivity index is 2.19. The number of rotatable bonds is 7. The molecule has 21 heavy (non-hydrogen) atoms. The molecule has 2 aromatic heterocycles. The van der Waals surface area contributed by atoms with E-state index in [9.17, 15) is 0 Å². The van der Waals surface area contributed by atoms with Crippen molar-refractivity contribution in [3.05, 3.63) is 23.7 Å². The molecule has 0 aliphatic rings. The molecule has 0 saturated heterocycles. The third-order valence-electron chi connectivity index (χ3n) is 2.93. The number of anilines is 1. The van der Waals surface area contributed by atoms with Crippen LogP contribution in [0.3, 0.4) is 0 Å². The van der Waals surface area contributed by atoms with Crippen LogP contribution in [0.4, 0.5) is 5.95 Å². The molecule has 1 atom stereocenters. The second-order valence-electron chi connectivity index (χ2n) is 4.83. The van der Waals surface area contributed by atoms with Gasteiger partial charge in [0, 0.05) is 19.0 Å². The Bertz CT molecular complexity index is 560. The van der Waals surface area contributed by atoms with E-state index in [1.54, 1.807) is 18.5 Å². The Morgan fingerprint density at radius 3 is 2.76 bits per heavy atom. The number of halogens is 1. The summed E-state index contributed by atoms with van der Waals surface area (Å²) in [5, 5.41) is 7.45. The van der Waals surface area contributed by atoms with Crippen LogP contribution in [0.1, 0.15) is 20.8 Å². The number of ether oxygens (including phenoxy) is 1. The maximum Gasteiger partial charge on any atom is 0.256 e. The zero-order valence-corrected chi connectivity index (χ0v) is 13.1. The molecule has 0 aromatic carbocycles. The average molecular weight is 311 g/mol. The Morgan fingerprint density at radius 1 is 1.33 bits per heavy atom. The van der Waals surface area contributed by atoms with Gasteiger partial charge >= 0.3 is 0 Å². The fraction of sp³-hybridized carbons (Fsp3) is 0.538. The van der Waals surface area contributed by atoms with Gasteiger partial charge in [-0.15, -0.1) is 0 Å². The summed E-state index contributed by atoms with van der Waals surface area (Å²) in [6.07, 6.45) is 3.40. The van der Waals surface area contributed by atoms with Crippen LogP contribution < -0.4 is 5.32 Å². The molecule has 1 unspecified atom stereocenters. The lowest BCUT2D eigenvalue weighted by Gasteiger charge is -2.22. The Hall–Kier alpha value is -1.73. The van der Waals surface area contributed by atoms with Gasteiger partial charge < -0.3 is 10.1 Å². The van der Waals surface area contributed by atoms with Gasteiger partial charge in [-0.1, -0.05) is 13.8 Å². The number of nitrogens with one attached hydrogen (secondary N) is 1. The first-order valence-electron chi connectivity index (χ1n) is 6.86. The monoisotopic (exact) mass is 310 g/mol. The molecule has 0 amide bonds. The van der Waals surface area contributed by atoms with Gasteiger partial charge in [-0.2, -0.15) is 20.1 Å². The quantitative estimate of drug-likeness (QED) is 0.844. The van der Waals surface area contributed by atoms with Gasteiger partial charge in [0.05, 0.1) is 12.6 Å². The van der Waals surface area contributed by atoms with E-state index in [0.717, 1.165) is 0 Å². The lowest BCUT2D eigenvalue weighted by Crippen LogP contribution is -2.32. The van der Waals surface area contributed by atoms with Crippen LogP contribution in [0.2, 0.25) is 5.28 Å². The second kappa shape index (κ2) is 7.33. The average Bonchev–Trinajstić information content (AvgIpc) is 2.96. The van der Waals surface area contributed by atoms with Gasteiger partial charge in [-0.05, 0) is 30.5 Å². The van der Waals surface area contributed by atoms with E-state index in [2.05, 4.69) is 39.2 Å². The van der Waals surface area contributed by atoms with Crippen LogP contribution in [-0.4, -0.2) is 44.0 Å². The van der Waals surface area contributed by atoms with Crippen LogP contribution >= 0.6 is 11.6 Å². The molecule has 2 aromatic rings. The highest BCUT2D eigenvalue weighted by molar-refractivity contribution is 6.28. The van der Waals surface area contributed by atoms with E-state index in [4.69, 9.17) is 16.3 Å². The lowest BCUT2D eigenvalue weighted by molar-refractivity contribution is 0.126. The van der Waals surface area contributed by atoms with Crippen molar-refractivity contribution in [2.24, 2.45) is 5.92 Å². The van der Waals surface area contributed by atoms with Gasteiger partial charge in [0.2, 0.25) is 11.2 Å². The summed E-state index contributed by atoms with van der Waals surface area (Å²) in [5.74, 6) is 1.15. The Kier molecular flexibility index (Phi) is 5.46. The molecule has 0 aliphatic heterocycles. The zero-order chi connectivity index (χ0) is 15.2. The molecule has 0 fully saturated rings. The van der Waals surface area contributed by atoms with Crippen molar-refractivity contribution in [3.8, 4) is 5.95 Å². The number of hydrogen-bond donors (Lipinski definition) is 1. The van der Waals surface area contributed by atoms with Crippen molar-refractivity contribution in [2.75, 3.05) is 18.5 Å². The van der Waals surface area contributed by atoms with Crippen LogP contribution in [0.25, 0.3) is 5.95 Å². The molecule has 114 valence electrons. The standard InChI is InChI=1S/C13H19ClN6O/c1-4-21-8-10(9(2)3)16-12-17-11(14)18-13(19-12)20-7-5-6-15-20/h5-7,9-10H,4,8H2,1-3H3,(H,16,17,18,19). The molecule has 2 rings (SSSR count). The minimum absolute atomic E-state index is 0.0916. The van der Waals surface area contributed by atoms with Crippen molar-refractivity contribution >= 4 is 17.5 Å². The molecular weight excluding hydrogens is 292 g/mol. The first-order valence-corrected chi connectivity index (χ1v) is 7.23. The molecule has 1 N–H and O–H groups in total. The van der Waals surface area contributed by atoms with Crippen LogP contribution in [-0.2, 0) is 4.74 Å². The fourth-order valence-electron chi connectivity index (χ4n) is 1.71. The van der Waals surface area contributed by atoms with Crippen molar-refractivity contribution in [1.29, 1.82) is 0 Å². The van der Waals surface area contributed by atoms with Gasteiger partial charge in [-0.3, -0.25) is 0 Å². The van der Waals surface area contributed by atoms with Crippen LogP contribution in [0.15, 0.2) is 18.5 Å². The minimum atomic E-state index is 0.0916. The van der Waals surface area contributed by atoms with Crippen molar-refractivity contribution < 1.29 is 4.74 Å². The minimum Gasteiger partial charge on any atom is -0.380 e. The van der Waals surface area contributed by atoms with Crippen molar-refractivity contribution in [3.63, 3.8) is 0 Å². The smallest absolute Gasteiger partial charge is 0.256 e. The topological polar surface area (TPSA) is 77.8 Å². The molecular formula is C13H19ClN6O. The maximum atomic E-state index is 5.96. The third-order valence-corrected chi connectivity index (χ3v) is 3.10. The normalized spacial score (nSPS) is 12.6. The summed E-state index contributed by atoms with van der Waals surface area (Å²) in [6, 6.07) is 1.88. The SMILES string of the molecule is CCOCC(Nc1nc(Cl)nc(-n2cccn2)n1)C(C)C. The van der Waals surface area contributed by atoms with Gasteiger partial charge in [0.1, 0.15) is 0 Å². The highest BCUT2D eigenvalue weighted by atomic mass is 35.5. The van der Waals surface area contributed by atoms with Crippen LogP contribution in [0, 0.1) is 5.92 Å². The van der Waals surface area contributed by atoms with E-state index in [0.29, 0.717) is 31.0 Å². The molecule has 0 radical (unpaired) electrons. The highest BCUT2D eigenvalue weighted by Crippen LogP contribution is 2.13. The first-order chi connectivity index (χ1) is 10.1. The molecule has 7 nitrogen and oxygen atoms in total. The highest BCUT2D eigenvalue weighted by Gasteiger charge is 2.16. The number of aromatic nitrogens is 5. The van der Waals surface area contributed by atoms with E-state index < -0.39 is 0 Å². The zero-order valence-electron chi connectivity index (χ0n) is 12.3. The molecule has 2 heterocycles. The summed E-state index contributed by atoms with van der Waals surface area (Å²) in [5.41, 5.74) is 0. The summed E-state index contributed by atoms with van der Waals surface area (Å²) in [4.78, 5) is 12.5. The third kappa shape index (κ3) is 4.37. The largest absolute Gasteiger partial charge is 0.380 e. The summed E-state index contributed by atoms with van der Waals surface area (Å²) < 4.78 is 7.01. The predicted molar refractivity (Wildman–Crippen MR) is 80.7 cm³/mol.